The van der Waals surface area contributed by atoms with Crippen LogP contribution < -0.4 is 5.73 Å². The maximum absolute atomic E-state index is 12.3. The monoisotopic (exact) mass is 280 g/mol. The second-order valence-electron chi connectivity index (χ2n) is 4.15. The van der Waals surface area contributed by atoms with Crippen LogP contribution in [0.2, 0.25) is 0 Å². The van der Waals surface area contributed by atoms with Crippen molar-refractivity contribution >= 4 is 10.0 Å². The van der Waals surface area contributed by atoms with Crippen LogP contribution >= 0.6 is 0 Å². The van der Waals surface area contributed by atoms with Crippen LogP contribution in [0.15, 0.2) is 41.6 Å². The number of rotatable bonds is 5. The third-order valence-corrected chi connectivity index (χ3v) is 4.54. The van der Waals surface area contributed by atoms with E-state index in [2.05, 4.69) is 9.97 Å². The van der Waals surface area contributed by atoms with Gasteiger partial charge in [0.15, 0.2) is 0 Å². The highest BCUT2D eigenvalue weighted by atomic mass is 32.2. The fraction of sp³-hybridized carbons (Fsp3) is 0.250. The van der Waals surface area contributed by atoms with Crippen molar-refractivity contribution in [3.8, 4) is 0 Å². The molecule has 6 nitrogen and oxygen atoms in total. The molecule has 2 heterocycles. The van der Waals surface area contributed by atoms with E-state index < -0.39 is 10.0 Å². The molecule has 0 saturated carbocycles. The summed E-state index contributed by atoms with van der Waals surface area (Å²) < 4.78 is 25.9. The molecule has 2 rings (SSSR count). The van der Waals surface area contributed by atoms with Crippen LogP contribution in [-0.2, 0) is 23.1 Å². The number of nitrogens with two attached hydrogens (primary N) is 1. The molecule has 0 spiro atoms. The second-order valence-corrected chi connectivity index (χ2v) is 6.19. The van der Waals surface area contributed by atoms with Gasteiger partial charge in [-0.1, -0.05) is 6.07 Å². The first-order valence-corrected chi connectivity index (χ1v) is 7.21. The van der Waals surface area contributed by atoms with E-state index in [1.807, 2.05) is 6.07 Å². The van der Waals surface area contributed by atoms with Crippen molar-refractivity contribution in [2.24, 2.45) is 5.73 Å². The molecule has 3 N–H and O–H groups in total. The summed E-state index contributed by atoms with van der Waals surface area (Å²) in [7, 11) is -1.99. The molecule has 0 atom stereocenters. The van der Waals surface area contributed by atoms with E-state index in [4.69, 9.17) is 5.73 Å². The maximum atomic E-state index is 12.3. The number of hydrogen-bond acceptors (Lipinski definition) is 4. The average Bonchev–Trinajstić information content (AvgIpc) is 2.89. The first kappa shape index (κ1) is 13.7. The first-order valence-electron chi connectivity index (χ1n) is 5.77. The van der Waals surface area contributed by atoms with Crippen LogP contribution in [0, 0.1) is 0 Å². The zero-order valence-corrected chi connectivity index (χ0v) is 11.4. The van der Waals surface area contributed by atoms with Crippen molar-refractivity contribution in [1.29, 1.82) is 0 Å². The van der Waals surface area contributed by atoms with Gasteiger partial charge in [-0.2, -0.15) is 4.31 Å². The maximum Gasteiger partial charge on any atom is 0.244 e. The molecule has 0 saturated heterocycles. The molecule has 0 radical (unpaired) electrons. The standard InChI is InChI=1S/C12H16N4O2S/c1-16(9-10-4-2-3-5-14-10)19(17,18)12-6-11(7-13)15-8-12/h2-6,8,15H,7,9,13H2,1H3. The summed E-state index contributed by atoms with van der Waals surface area (Å²) in [4.78, 5) is 7.16. The minimum Gasteiger partial charge on any atom is -0.363 e. The van der Waals surface area contributed by atoms with Crippen molar-refractivity contribution in [3.05, 3.63) is 48.0 Å². The van der Waals surface area contributed by atoms with Gasteiger partial charge in [-0.25, -0.2) is 8.42 Å². The number of aromatic amines is 1. The predicted molar refractivity (Wildman–Crippen MR) is 71.6 cm³/mol. The Morgan fingerprint density at radius 1 is 1.42 bits per heavy atom. The molecule has 0 bridgehead atoms. The summed E-state index contributed by atoms with van der Waals surface area (Å²) in [6.07, 6.45) is 3.09. The zero-order chi connectivity index (χ0) is 13.9. The van der Waals surface area contributed by atoms with E-state index >= 15 is 0 Å². The molecular weight excluding hydrogens is 264 g/mol. The fourth-order valence-electron chi connectivity index (χ4n) is 1.67. The van der Waals surface area contributed by atoms with Gasteiger partial charge >= 0.3 is 0 Å². The Labute approximate surface area is 112 Å². The van der Waals surface area contributed by atoms with E-state index in [-0.39, 0.29) is 18.0 Å². The molecule has 102 valence electrons. The van der Waals surface area contributed by atoms with E-state index in [1.165, 1.54) is 17.5 Å². The van der Waals surface area contributed by atoms with Crippen molar-refractivity contribution in [2.45, 2.75) is 18.0 Å². The molecule has 0 aromatic carbocycles. The Morgan fingerprint density at radius 2 is 2.21 bits per heavy atom. The van der Waals surface area contributed by atoms with Crippen LogP contribution in [0.4, 0.5) is 0 Å². The Bertz CT molecular complexity index is 637. The van der Waals surface area contributed by atoms with Gasteiger partial charge in [-0.15, -0.1) is 0 Å². The van der Waals surface area contributed by atoms with E-state index in [1.54, 1.807) is 24.4 Å². The Hall–Kier alpha value is -1.70. The van der Waals surface area contributed by atoms with E-state index in [0.717, 1.165) is 0 Å². The van der Waals surface area contributed by atoms with Crippen LogP contribution in [0.5, 0.6) is 0 Å². The quantitative estimate of drug-likeness (QED) is 0.842. The van der Waals surface area contributed by atoms with E-state index in [0.29, 0.717) is 11.4 Å². The van der Waals surface area contributed by atoms with Gasteiger partial charge < -0.3 is 10.7 Å². The highest BCUT2D eigenvalue weighted by Crippen LogP contribution is 2.16. The lowest BCUT2D eigenvalue weighted by Crippen LogP contribution is -2.26. The largest absolute Gasteiger partial charge is 0.363 e. The van der Waals surface area contributed by atoms with Crippen molar-refractivity contribution in [3.63, 3.8) is 0 Å². The number of nitrogens with zero attached hydrogens (tertiary/aromatic N) is 2. The Kier molecular flexibility index (Phi) is 3.98. The number of nitrogens with one attached hydrogen (secondary N) is 1. The molecule has 7 heteroatoms. The van der Waals surface area contributed by atoms with Gasteiger partial charge in [0, 0.05) is 31.7 Å². The smallest absolute Gasteiger partial charge is 0.244 e. The SMILES string of the molecule is CN(Cc1ccccn1)S(=O)(=O)c1c[nH]c(CN)c1. The molecule has 2 aromatic rings. The average molecular weight is 280 g/mol. The third kappa shape index (κ3) is 3.01. The molecule has 0 aliphatic heterocycles. The Balaban J connectivity index is 2.19. The molecule has 0 fully saturated rings. The first-order chi connectivity index (χ1) is 9.04. The molecule has 0 aliphatic carbocycles. The summed E-state index contributed by atoms with van der Waals surface area (Å²) in [5.41, 5.74) is 6.84. The van der Waals surface area contributed by atoms with Gasteiger partial charge in [0.25, 0.3) is 0 Å². The minimum absolute atomic E-state index is 0.214. The lowest BCUT2D eigenvalue weighted by Gasteiger charge is -2.15. The van der Waals surface area contributed by atoms with Crippen molar-refractivity contribution in [2.75, 3.05) is 7.05 Å². The summed E-state index contributed by atoms with van der Waals surface area (Å²) in [6.45, 7) is 0.506. The van der Waals surface area contributed by atoms with E-state index in [9.17, 15) is 8.42 Å². The second kappa shape index (κ2) is 5.52. The summed E-state index contributed by atoms with van der Waals surface area (Å²) in [6, 6.07) is 6.95. The summed E-state index contributed by atoms with van der Waals surface area (Å²) >= 11 is 0. The van der Waals surface area contributed by atoms with Crippen LogP contribution in [0.25, 0.3) is 0 Å². The predicted octanol–water partition coefficient (Wildman–Crippen LogP) is 0.689. The lowest BCUT2D eigenvalue weighted by molar-refractivity contribution is 0.462. The number of aromatic nitrogens is 2. The van der Waals surface area contributed by atoms with Crippen LogP contribution in [-0.4, -0.2) is 29.7 Å². The van der Waals surface area contributed by atoms with Crippen molar-refractivity contribution < 1.29 is 8.42 Å². The fourth-order valence-corrected chi connectivity index (χ4v) is 2.83. The molecule has 2 aromatic heterocycles. The Morgan fingerprint density at radius 3 is 2.79 bits per heavy atom. The topological polar surface area (TPSA) is 92.1 Å². The van der Waals surface area contributed by atoms with Gasteiger partial charge in [0.05, 0.1) is 17.1 Å². The third-order valence-electron chi connectivity index (χ3n) is 2.76. The summed E-state index contributed by atoms with van der Waals surface area (Å²) in [5.74, 6) is 0. The molecular formula is C12H16N4O2S. The highest BCUT2D eigenvalue weighted by molar-refractivity contribution is 7.89. The van der Waals surface area contributed by atoms with Gasteiger partial charge in [-0.3, -0.25) is 4.98 Å². The molecule has 0 aliphatic rings. The summed E-state index contributed by atoms with van der Waals surface area (Å²) in [5, 5.41) is 0. The number of pyridine rings is 1. The molecule has 0 amide bonds. The molecule has 19 heavy (non-hydrogen) atoms. The van der Waals surface area contributed by atoms with Gasteiger partial charge in [-0.05, 0) is 18.2 Å². The normalized spacial score (nSPS) is 11.9. The van der Waals surface area contributed by atoms with Gasteiger partial charge in [0.2, 0.25) is 10.0 Å². The number of hydrogen-bond donors (Lipinski definition) is 2. The highest BCUT2D eigenvalue weighted by Gasteiger charge is 2.22. The van der Waals surface area contributed by atoms with Gasteiger partial charge in [0.1, 0.15) is 0 Å². The van der Waals surface area contributed by atoms with Crippen LogP contribution in [0.1, 0.15) is 11.4 Å². The minimum atomic E-state index is -3.52. The number of sulfonamides is 1. The lowest BCUT2D eigenvalue weighted by atomic mass is 10.3. The zero-order valence-electron chi connectivity index (χ0n) is 10.6. The number of H-pyrrole nitrogens is 1. The van der Waals surface area contributed by atoms with Crippen LogP contribution in [0.3, 0.4) is 0 Å². The molecule has 0 unspecified atom stereocenters. The van der Waals surface area contributed by atoms with Crippen molar-refractivity contribution in [1.82, 2.24) is 14.3 Å².